The van der Waals surface area contributed by atoms with Crippen LogP contribution in [0.3, 0.4) is 0 Å². The number of hydrazine groups is 1. The molecule has 4 N–H and O–H groups in total. The van der Waals surface area contributed by atoms with E-state index in [1.165, 1.54) is 0 Å². The number of hydrogen-bond donors (Lipinski definition) is 3. The van der Waals surface area contributed by atoms with Crippen LogP contribution in [0, 0.1) is 0 Å². The topological polar surface area (TPSA) is 103 Å². The molecule has 0 bridgehead atoms. The molecule has 1 atom stereocenters. The van der Waals surface area contributed by atoms with E-state index in [-0.39, 0.29) is 6.42 Å². The van der Waals surface area contributed by atoms with Crippen LogP contribution in [0.2, 0.25) is 0 Å². The molecule has 1 unspecified atom stereocenters. The highest BCUT2D eigenvalue weighted by atomic mass is 19.1. The van der Waals surface area contributed by atoms with Crippen LogP contribution in [0.4, 0.5) is 9.18 Å². The molecule has 1 aromatic rings. The third-order valence-electron chi connectivity index (χ3n) is 3.05. The lowest BCUT2D eigenvalue weighted by molar-refractivity contribution is -0.0979. The Bertz CT molecular complexity index is 572. The van der Waals surface area contributed by atoms with Crippen molar-refractivity contribution in [2.24, 2.45) is 5.84 Å². The number of benzene rings is 1. The number of rotatable bonds is 7. The molecule has 168 valence electrons. The fourth-order valence-electron chi connectivity index (χ4n) is 2.12. The number of alkyl halides is 1. The Kier molecular flexibility index (Phi) is 15.0. The normalized spacial score (nSPS) is 11.8. The minimum Gasteiger partial charge on any atom is -0.444 e. The van der Waals surface area contributed by atoms with E-state index in [0.717, 1.165) is 11.8 Å². The van der Waals surface area contributed by atoms with Crippen LogP contribution < -0.4 is 16.6 Å². The quantitative estimate of drug-likeness (QED) is 0.266. The molecule has 0 saturated carbocycles. The summed E-state index contributed by atoms with van der Waals surface area (Å²) in [5.41, 5.74) is 1.84. The fourth-order valence-corrected chi connectivity index (χ4v) is 2.12. The van der Waals surface area contributed by atoms with Crippen molar-refractivity contribution >= 4 is 12.4 Å². The third-order valence-corrected chi connectivity index (χ3v) is 3.05. The maximum Gasteiger partial charge on any atom is 0.409 e. The molecule has 0 saturated heterocycles. The summed E-state index contributed by atoms with van der Waals surface area (Å²) in [4.78, 5) is 22.6. The average molecular weight is 416 g/mol. The Morgan fingerprint density at radius 1 is 1.17 bits per heavy atom. The van der Waals surface area contributed by atoms with E-state index < -0.39 is 30.2 Å². The van der Waals surface area contributed by atoms with Gasteiger partial charge < -0.3 is 9.47 Å². The standard InChI is InChI=1S/C18H26FNO4.C2H6.CH6N2/c1-17(2,3)24-16(22)20-18(4,5)23-15(10-11-19)14-8-6-13(12-21)7-9-14;1-2;1-3-2/h6-9,12,15H,10-11H2,1-5H3,(H,20,22);1-2H3;3H,2H2,1H3. The Hall–Kier alpha value is -2.03. The smallest absolute Gasteiger partial charge is 0.409 e. The van der Waals surface area contributed by atoms with Crippen LogP contribution in [0.5, 0.6) is 0 Å². The molecule has 1 amide bonds. The Balaban J connectivity index is 0. The lowest BCUT2D eigenvalue weighted by Gasteiger charge is -2.32. The van der Waals surface area contributed by atoms with Crippen molar-refractivity contribution in [2.75, 3.05) is 13.7 Å². The van der Waals surface area contributed by atoms with Crippen molar-refractivity contribution in [3.05, 3.63) is 35.4 Å². The minimum absolute atomic E-state index is 0.139. The second kappa shape index (κ2) is 14.9. The first-order chi connectivity index (χ1) is 13.5. The van der Waals surface area contributed by atoms with E-state index >= 15 is 0 Å². The van der Waals surface area contributed by atoms with Crippen LogP contribution in [0.15, 0.2) is 24.3 Å². The largest absolute Gasteiger partial charge is 0.444 e. The number of halogens is 1. The molecular formula is C21H38FN3O4. The van der Waals surface area contributed by atoms with E-state index in [0.29, 0.717) is 5.56 Å². The Labute approximate surface area is 174 Å². The number of carbonyl (C=O) groups excluding carboxylic acids is 2. The van der Waals surface area contributed by atoms with Crippen molar-refractivity contribution in [3.63, 3.8) is 0 Å². The van der Waals surface area contributed by atoms with Crippen molar-refractivity contribution in [1.82, 2.24) is 10.7 Å². The molecule has 8 heteroatoms. The summed E-state index contributed by atoms with van der Waals surface area (Å²) in [5.74, 6) is 4.60. The molecule has 0 aromatic heterocycles. The summed E-state index contributed by atoms with van der Waals surface area (Å²) in [6.45, 7) is 12.1. The first-order valence-electron chi connectivity index (χ1n) is 9.65. The van der Waals surface area contributed by atoms with Gasteiger partial charge in [0.05, 0.1) is 12.8 Å². The predicted molar refractivity (Wildman–Crippen MR) is 114 cm³/mol. The Morgan fingerprint density at radius 2 is 1.66 bits per heavy atom. The van der Waals surface area contributed by atoms with Gasteiger partial charge in [-0.3, -0.25) is 25.8 Å². The van der Waals surface area contributed by atoms with Gasteiger partial charge in [-0.05, 0) is 47.2 Å². The zero-order valence-corrected chi connectivity index (χ0v) is 19.0. The number of alkyl carbamates (subject to hydrolysis) is 1. The number of amides is 1. The molecule has 0 radical (unpaired) electrons. The van der Waals surface area contributed by atoms with Crippen molar-refractivity contribution < 1.29 is 23.5 Å². The lowest BCUT2D eigenvalue weighted by Crippen LogP contribution is -2.48. The van der Waals surface area contributed by atoms with Crippen LogP contribution >= 0.6 is 0 Å². The summed E-state index contributed by atoms with van der Waals surface area (Å²) >= 11 is 0. The fraction of sp³-hybridized carbons (Fsp3) is 0.619. The number of nitrogens with two attached hydrogens (primary N) is 1. The Morgan fingerprint density at radius 3 is 2.03 bits per heavy atom. The second-order valence-corrected chi connectivity index (χ2v) is 7.29. The van der Waals surface area contributed by atoms with Gasteiger partial charge in [-0.15, -0.1) is 0 Å². The van der Waals surface area contributed by atoms with E-state index in [1.54, 1.807) is 65.9 Å². The minimum atomic E-state index is -1.05. The first-order valence-corrected chi connectivity index (χ1v) is 9.65. The molecule has 0 heterocycles. The van der Waals surface area contributed by atoms with E-state index in [4.69, 9.17) is 9.47 Å². The number of nitrogens with one attached hydrogen (secondary N) is 2. The van der Waals surface area contributed by atoms with Crippen molar-refractivity contribution in [2.45, 2.75) is 72.3 Å². The second-order valence-electron chi connectivity index (χ2n) is 7.29. The van der Waals surface area contributed by atoms with Crippen molar-refractivity contribution in [3.8, 4) is 0 Å². The number of aldehydes is 1. The van der Waals surface area contributed by atoms with Gasteiger partial charge in [0, 0.05) is 12.0 Å². The number of carbonyl (C=O) groups is 2. The summed E-state index contributed by atoms with van der Waals surface area (Å²) in [5, 5.41) is 2.63. The molecule has 29 heavy (non-hydrogen) atoms. The van der Waals surface area contributed by atoms with E-state index in [1.807, 2.05) is 13.8 Å². The molecule has 7 nitrogen and oxygen atoms in total. The first kappa shape index (κ1) is 29.2. The van der Waals surface area contributed by atoms with Crippen molar-refractivity contribution in [1.29, 1.82) is 0 Å². The van der Waals surface area contributed by atoms with Gasteiger partial charge in [0.15, 0.2) is 0 Å². The molecule has 0 fully saturated rings. The third kappa shape index (κ3) is 14.6. The molecule has 0 spiro atoms. The highest BCUT2D eigenvalue weighted by molar-refractivity contribution is 5.74. The highest BCUT2D eigenvalue weighted by Crippen LogP contribution is 2.26. The predicted octanol–water partition coefficient (Wildman–Crippen LogP) is 4.28. The zero-order chi connectivity index (χ0) is 23.1. The molecule has 0 aliphatic carbocycles. The van der Waals surface area contributed by atoms with E-state index in [9.17, 15) is 14.0 Å². The SMILES string of the molecule is CC.CC(C)(C)OC(=O)NC(C)(C)OC(CCF)c1ccc(C=O)cc1.CNN. The van der Waals surface area contributed by atoms with Crippen LogP contribution in [0.1, 0.15) is 76.9 Å². The van der Waals surface area contributed by atoms with Gasteiger partial charge in [-0.2, -0.15) is 0 Å². The number of hydrogen-bond acceptors (Lipinski definition) is 6. The van der Waals surface area contributed by atoms with Crippen LogP contribution in [-0.2, 0) is 9.47 Å². The molecular weight excluding hydrogens is 377 g/mol. The van der Waals surface area contributed by atoms with Gasteiger partial charge in [-0.1, -0.05) is 38.1 Å². The van der Waals surface area contributed by atoms with E-state index in [2.05, 4.69) is 16.6 Å². The van der Waals surface area contributed by atoms with Gasteiger partial charge in [0.25, 0.3) is 0 Å². The number of ether oxygens (including phenoxy) is 2. The monoisotopic (exact) mass is 415 g/mol. The molecule has 1 aromatic carbocycles. The molecule has 0 aliphatic rings. The van der Waals surface area contributed by atoms with Gasteiger partial charge in [-0.25, -0.2) is 4.79 Å². The lowest BCUT2D eigenvalue weighted by atomic mass is 10.0. The average Bonchev–Trinajstić information content (AvgIpc) is 2.61. The van der Waals surface area contributed by atoms with Crippen LogP contribution in [0.25, 0.3) is 0 Å². The van der Waals surface area contributed by atoms with Gasteiger partial charge in [0.1, 0.15) is 17.6 Å². The van der Waals surface area contributed by atoms with Gasteiger partial charge in [0.2, 0.25) is 0 Å². The summed E-state index contributed by atoms with van der Waals surface area (Å²) in [6.07, 6.45) is -0.286. The van der Waals surface area contributed by atoms with Gasteiger partial charge >= 0.3 is 6.09 Å². The summed E-state index contributed by atoms with van der Waals surface area (Å²) in [7, 11) is 1.65. The maximum absolute atomic E-state index is 12.9. The maximum atomic E-state index is 12.9. The van der Waals surface area contributed by atoms with Crippen LogP contribution in [-0.4, -0.2) is 37.4 Å². The zero-order valence-electron chi connectivity index (χ0n) is 19.0. The summed E-state index contributed by atoms with van der Waals surface area (Å²) < 4.78 is 24.0. The molecule has 1 rings (SSSR count). The molecule has 0 aliphatic heterocycles. The highest BCUT2D eigenvalue weighted by Gasteiger charge is 2.28. The summed E-state index contributed by atoms with van der Waals surface area (Å²) in [6, 6.07) is 6.72.